The van der Waals surface area contributed by atoms with Gasteiger partial charge in [0.2, 0.25) is 5.96 Å². The molecule has 0 unspecified atom stereocenters. The van der Waals surface area contributed by atoms with E-state index in [0.29, 0.717) is 13.1 Å². The first-order valence-electron chi connectivity index (χ1n) is 5.97. The highest BCUT2D eigenvalue weighted by atomic mass is 15.2. The second-order valence-corrected chi connectivity index (χ2v) is 3.79. The molecule has 0 radical (unpaired) electrons. The zero-order valence-electron chi connectivity index (χ0n) is 10.8. The van der Waals surface area contributed by atoms with Gasteiger partial charge in [0.25, 0.3) is 0 Å². The van der Waals surface area contributed by atoms with Crippen molar-refractivity contribution >= 4 is 17.9 Å². The fraction of sp³-hybridized carbons (Fsp3) is 0.600. The summed E-state index contributed by atoms with van der Waals surface area (Å²) in [6.45, 7) is 1.31. The Balaban J connectivity index is 3.28. The predicted octanol–water partition coefficient (Wildman–Crippen LogP) is -0.851. The molecule has 0 aliphatic rings. The molecule has 0 atom stereocenters. The Bertz CT molecular complexity index is 343. The van der Waals surface area contributed by atoms with Gasteiger partial charge in [-0.15, -0.1) is 0 Å². The largest absolute Gasteiger partial charge is 0.370 e. The summed E-state index contributed by atoms with van der Waals surface area (Å²) in [5.41, 5.74) is 5.07. The molecule has 0 aliphatic carbocycles. The lowest BCUT2D eigenvalue weighted by atomic mass is 10.2. The number of rotatable bonds is 7. The summed E-state index contributed by atoms with van der Waals surface area (Å²) in [6.07, 6.45) is 5.50. The number of nitriles is 1. The van der Waals surface area contributed by atoms with Crippen LogP contribution in [-0.4, -0.2) is 31.0 Å². The van der Waals surface area contributed by atoms with E-state index >= 15 is 0 Å². The zero-order valence-corrected chi connectivity index (χ0v) is 10.8. The molecule has 0 heterocycles. The van der Waals surface area contributed by atoms with Crippen molar-refractivity contribution in [2.24, 2.45) is 5.73 Å². The number of guanidine groups is 3. The van der Waals surface area contributed by atoms with Crippen molar-refractivity contribution in [2.75, 3.05) is 13.1 Å². The number of nitrogens with zero attached hydrogens (tertiary/aromatic N) is 1. The smallest absolute Gasteiger partial charge is 0.201 e. The van der Waals surface area contributed by atoms with Gasteiger partial charge in [-0.3, -0.25) is 26.9 Å². The number of unbranched alkanes of at least 4 members (excludes halogenated alkanes) is 3. The highest BCUT2D eigenvalue weighted by molar-refractivity contribution is 5.94. The average molecular weight is 267 g/mol. The normalized spacial score (nSPS) is 9.00. The molecule has 0 aromatic heterocycles. The van der Waals surface area contributed by atoms with E-state index in [4.69, 9.17) is 27.2 Å². The molecule has 19 heavy (non-hydrogen) atoms. The van der Waals surface area contributed by atoms with E-state index in [0.717, 1.165) is 25.7 Å². The third-order valence-electron chi connectivity index (χ3n) is 2.15. The highest BCUT2D eigenvalue weighted by Crippen LogP contribution is 1.97. The molecule has 0 saturated heterocycles. The molecule has 0 aromatic rings. The van der Waals surface area contributed by atoms with Crippen LogP contribution in [0.15, 0.2) is 0 Å². The molecular formula is C10H21N9. The van der Waals surface area contributed by atoms with Gasteiger partial charge in [-0.2, -0.15) is 5.26 Å². The monoisotopic (exact) mass is 267 g/mol. The third kappa shape index (κ3) is 11.8. The Labute approximate surface area is 112 Å². The summed E-state index contributed by atoms with van der Waals surface area (Å²) in [6, 6.07) is 0. The minimum absolute atomic E-state index is 0.0212. The summed E-state index contributed by atoms with van der Waals surface area (Å²) >= 11 is 0. The molecule has 9 heteroatoms. The minimum atomic E-state index is -0.253. The summed E-state index contributed by atoms with van der Waals surface area (Å²) in [7, 11) is 0. The lowest BCUT2D eigenvalue weighted by molar-refractivity contribution is 0.619. The van der Waals surface area contributed by atoms with Crippen molar-refractivity contribution < 1.29 is 0 Å². The van der Waals surface area contributed by atoms with Crippen LogP contribution in [0.2, 0.25) is 0 Å². The Morgan fingerprint density at radius 1 is 0.947 bits per heavy atom. The lowest BCUT2D eigenvalue weighted by Gasteiger charge is -2.08. The van der Waals surface area contributed by atoms with Crippen LogP contribution in [0, 0.1) is 27.7 Å². The maximum Gasteiger partial charge on any atom is 0.201 e. The van der Waals surface area contributed by atoms with E-state index in [1.807, 2.05) is 0 Å². The van der Waals surface area contributed by atoms with E-state index < -0.39 is 0 Å². The summed E-state index contributed by atoms with van der Waals surface area (Å²) < 4.78 is 0. The zero-order chi connectivity index (χ0) is 14.5. The van der Waals surface area contributed by atoms with Gasteiger partial charge in [-0.25, -0.2) is 0 Å². The summed E-state index contributed by atoms with van der Waals surface area (Å²) in [5.74, 6) is -0.199. The number of hydrogen-bond donors (Lipinski definition) is 8. The molecule has 0 spiro atoms. The van der Waals surface area contributed by atoms with E-state index in [9.17, 15) is 0 Å². The van der Waals surface area contributed by atoms with Crippen molar-refractivity contribution in [1.29, 1.82) is 21.5 Å². The fourth-order valence-corrected chi connectivity index (χ4v) is 1.31. The van der Waals surface area contributed by atoms with Crippen molar-refractivity contribution in [3.8, 4) is 6.19 Å². The summed E-state index contributed by atoms with van der Waals surface area (Å²) in [4.78, 5) is 0. The SMILES string of the molecule is N#CNC(=N)NCCCCCCNC(=N)NC(=N)N. The van der Waals surface area contributed by atoms with E-state index in [1.165, 1.54) is 0 Å². The second-order valence-electron chi connectivity index (χ2n) is 3.79. The van der Waals surface area contributed by atoms with Gasteiger partial charge in [0, 0.05) is 13.1 Å². The number of nitrogens with two attached hydrogens (primary N) is 1. The molecule has 9 nitrogen and oxygen atoms in total. The first-order valence-corrected chi connectivity index (χ1v) is 5.97. The Hall–Kier alpha value is -2.50. The predicted molar refractivity (Wildman–Crippen MR) is 73.7 cm³/mol. The molecule has 0 fully saturated rings. The van der Waals surface area contributed by atoms with Gasteiger partial charge in [0.15, 0.2) is 18.1 Å². The second kappa shape index (κ2) is 10.6. The van der Waals surface area contributed by atoms with Gasteiger partial charge >= 0.3 is 0 Å². The highest BCUT2D eigenvalue weighted by Gasteiger charge is 1.96. The Kier molecular flexibility index (Phi) is 9.24. The van der Waals surface area contributed by atoms with Crippen LogP contribution in [0.3, 0.4) is 0 Å². The van der Waals surface area contributed by atoms with Gasteiger partial charge in [0.05, 0.1) is 0 Å². The Morgan fingerprint density at radius 3 is 1.95 bits per heavy atom. The molecule has 0 amide bonds. The quantitative estimate of drug-likeness (QED) is 0.0981. The van der Waals surface area contributed by atoms with Crippen LogP contribution in [0.1, 0.15) is 25.7 Å². The van der Waals surface area contributed by atoms with Crippen molar-refractivity contribution in [1.82, 2.24) is 21.3 Å². The van der Waals surface area contributed by atoms with Gasteiger partial charge in [-0.1, -0.05) is 12.8 Å². The number of nitrogens with one attached hydrogen (secondary N) is 7. The minimum Gasteiger partial charge on any atom is -0.370 e. The molecule has 0 aliphatic heterocycles. The van der Waals surface area contributed by atoms with Crippen LogP contribution in [0.4, 0.5) is 0 Å². The van der Waals surface area contributed by atoms with Gasteiger partial charge in [-0.05, 0) is 12.8 Å². The first kappa shape index (κ1) is 16.5. The van der Waals surface area contributed by atoms with Crippen molar-refractivity contribution in [3.63, 3.8) is 0 Å². The van der Waals surface area contributed by atoms with Gasteiger partial charge < -0.3 is 16.4 Å². The molecular weight excluding hydrogens is 246 g/mol. The van der Waals surface area contributed by atoms with Crippen LogP contribution in [0.25, 0.3) is 0 Å². The molecule has 106 valence electrons. The maximum absolute atomic E-state index is 8.24. The van der Waals surface area contributed by atoms with Crippen molar-refractivity contribution in [3.05, 3.63) is 0 Å². The number of hydrogen-bond acceptors (Lipinski definition) is 4. The maximum atomic E-state index is 8.24. The van der Waals surface area contributed by atoms with E-state index in [2.05, 4.69) is 21.3 Å². The molecule has 0 saturated carbocycles. The molecule has 9 N–H and O–H groups in total. The van der Waals surface area contributed by atoms with Crippen molar-refractivity contribution in [2.45, 2.75) is 25.7 Å². The molecule has 0 bridgehead atoms. The van der Waals surface area contributed by atoms with E-state index in [1.54, 1.807) is 6.19 Å². The first-order chi connectivity index (χ1) is 9.06. The molecule has 0 aromatic carbocycles. The third-order valence-corrected chi connectivity index (χ3v) is 2.15. The van der Waals surface area contributed by atoms with Crippen LogP contribution in [0.5, 0.6) is 0 Å². The topological polar surface area (TPSA) is 169 Å². The lowest BCUT2D eigenvalue weighted by Crippen LogP contribution is -2.43. The van der Waals surface area contributed by atoms with Crippen LogP contribution in [-0.2, 0) is 0 Å². The summed E-state index contributed by atoms with van der Waals surface area (Å²) in [5, 5.41) is 39.8. The fourth-order valence-electron chi connectivity index (χ4n) is 1.31. The van der Waals surface area contributed by atoms with Crippen LogP contribution >= 0.6 is 0 Å². The van der Waals surface area contributed by atoms with Gasteiger partial charge in [0.1, 0.15) is 0 Å². The van der Waals surface area contributed by atoms with Crippen LogP contribution < -0.4 is 27.0 Å². The molecule has 0 rings (SSSR count). The average Bonchev–Trinajstić information content (AvgIpc) is 2.32. The standard InChI is InChI=1S/C10H21N9/c11-7-18-9(14)16-5-3-1-2-4-6-17-10(15)19-8(12)13/h1-6H2,(H3,14,16,18)(H6,12,13,15,17,19). The van der Waals surface area contributed by atoms with E-state index in [-0.39, 0.29) is 17.9 Å². The Morgan fingerprint density at radius 2 is 1.47 bits per heavy atom.